The molecule has 0 atom stereocenters. The number of carbonyl (C=O) groups excluding carboxylic acids is 3. The van der Waals surface area contributed by atoms with Gasteiger partial charge in [-0.25, -0.2) is 0 Å². The summed E-state index contributed by atoms with van der Waals surface area (Å²) in [7, 11) is 0. The fraction of sp³-hybridized carbons (Fsp3) is 0.476. The molecule has 1 aromatic carbocycles. The Labute approximate surface area is 160 Å². The first-order valence-corrected chi connectivity index (χ1v) is 9.65. The number of benzene rings is 1. The summed E-state index contributed by atoms with van der Waals surface area (Å²) in [5.41, 5.74) is 1.76. The molecule has 1 aliphatic heterocycles. The Morgan fingerprint density at radius 2 is 1.74 bits per heavy atom. The van der Waals surface area contributed by atoms with E-state index in [9.17, 15) is 14.4 Å². The molecule has 1 saturated heterocycles. The summed E-state index contributed by atoms with van der Waals surface area (Å²) < 4.78 is 0. The number of nitrogens with zero attached hydrogens (tertiary/aromatic N) is 1. The van der Waals surface area contributed by atoms with Gasteiger partial charge in [-0.15, -0.1) is 0 Å². The molecule has 1 saturated carbocycles. The fourth-order valence-corrected chi connectivity index (χ4v) is 3.30. The van der Waals surface area contributed by atoms with Crippen molar-refractivity contribution in [3.05, 3.63) is 42.5 Å². The van der Waals surface area contributed by atoms with Gasteiger partial charge in [0.25, 0.3) is 0 Å². The van der Waals surface area contributed by atoms with Gasteiger partial charge < -0.3 is 15.5 Å². The van der Waals surface area contributed by atoms with Crippen LogP contribution < -0.4 is 10.6 Å². The van der Waals surface area contributed by atoms with Crippen LogP contribution in [0.4, 0.5) is 5.69 Å². The molecular weight excluding hydrogens is 342 g/mol. The SMILES string of the molecule is C=CC(=O)Nc1ccc(CCC(=O)N2CCC(C(=O)NC3CC3)CC2)cc1. The van der Waals surface area contributed by atoms with E-state index in [4.69, 9.17) is 0 Å². The maximum Gasteiger partial charge on any atom is 0.247 e. The summed E-state index contributed by atoms with van der Waals surface area (Å²) in [6.45, 7) is 4.74. The van der Waals surface area contributed by atoms with Crippen molar-refractivity contribution in [1.82, 2.24) is 10.2 Å². The van der Waals surface area contributed by atoms with E-state index in [1.54, 1.807) is 0 Å². The molecule has 27 heavy (non-hydrogen) atoms. The van der Waals surface area contributed by atoms with Crippen molar-refractivity contribution in [2.24, 2.45) is 5.92 Å². The zero-order valence-electron chi connectivity index (χ0n) is 15.6. The Hall–Kier alpha value is -2.63. The topological polar surface area (TPSA) is 78.5 Å². The van der Waals surface area contributed by atoms with E-state index in [-0.39, 0.29) is 23.6 Å². The number of nitrogens with one attached hydrogen (secondary N) is 2. The molecule has 0 unspecified atom stereocenters. The highest BCUT2D eigenvalue weighted by molar-refractivity contribution is 5.98. The number of anilines is 1. The van der Waals surface area contributed by atoms with Crippen LogP contribution in [0.15, 0.2) is 36.9 Å². The first kappa shape index (κ1) is 19.1. The van der Waals surface area contributed by atoms with Gasteiger partial charge in [-0.2, -0.15) is 0 Å². The zero-order valence-corrected chi connectivity index (χ0v) is 15.6. The minimum absolute atomic E-state index is 0.0490. The van der Waals surface area contributed by atoms with Crippen LogP contribution in [0, 0.1) is 5.92 Å². The van der Waals surface area contributed by atoms with E-state index < -0.39 is 0 Å². The third-order valence-electron chi connectivity index (χ3n) is 5.18. The van der Waals surface area contributed by atoms with Gasteiger partial charge >= 0.3 is 0 Å². The first-order chi connectivity index (χ1) is 13.0. The van der Waals surface area contributed by atoms with Crippen LogP contribution in [0.1, 0.15) is 37.7 Å². The second-order valence-electron chi connectivity index (χ2n) is 7.33. The summed E-state index contributed by atoms with van der Waals surface area (Å²) in [6, 6.07) is 7.88. The normalized spacial score (nSPS) is 17.3. The predicted octanol–water partition coefficient (Wildman–Crippen LogP) is 2.26. The molecule has 3 amide bonds. The number of amides is 3. The largest absolute Gasteiger partial charge is 0.353 e. The Morgan fingerprint density at radius 3 is 2.33 bits per heavy atom. The number of hydrogen-bond acceptors (Lipinski definition) is 3. The lowest BCUT2D eigenvalue weighted by Gasteiger charge is -2.31. The lowest BCUT2D eigenvalue weighted by molar-refractivity contribution is -0.135. The highest BCUT2D eigenvalue weighted by Gasteiger charge is 2.30. The third kappa shape index (κ3) is 5.67. The van der Waals surface area contributed by atoms with Crippen LogP contribution >= 0.6 is 0 Å². The Kier molecular flexibility index (Phi) is 6.27. The molecule has 0 spiro atoms. The highest BCUT2D eigenvalue weighted by atomic mass is 16.2. The third-order valence-corrected chi connectivity index (χ3v) is 5.18. The van der Waals surface area contributed by atoms with Gasteiger partial charge in [-0.1, -0.05) is 18.7 Å². The van der Waals surface area contributed by atoms with Gasteiger partial charge in [0.1, 0.15) is 0 Å². The van der Waals surface area contributed by atoms with Gasteiger partial charge in [0.05, 0.1) is 0 Å². The first-order valence-electron chi connectivity index (χ1n) is 9.65. The standard InChI is InChI=1S/C21H27N3O3/c1-2-19(25)22-17-6-3-15(4-7-17)5-10-20(26)24-13-11-16(12-14-24)21(27)23-18-8-9-18/h2-4,6-7,16,18H,1,5,8-14H2,(H,22,25)(H,23,27). The van der Waals surface area contributed by atoms with E-state index in [2.05, 4.69) is 17.2 Å². The molecule has 0 bridgehead atoms. The minimum atomic E-state index is -0.243. The van der Waals surface area contributed by atoms with Gasteiger partial charge in [0, 0.05) is 37.2 Å². The zero-order chi connectivity index (χ0) is 19.2. The number of rotatable bonds is 7. The molecule has 0 aromatic heterocycles. The van der Waals surface area contributed by atoms with Crippen molar-refractivity contribution in [2.45, 2.75) is 44.6 Å². The smallest absolute Gasteiger partial charge is 0.247 e. The van der Waals surface area contributed by atoms with Crippen LogP contribution in [0.25, 0.3) is 0 Å². The maximum absolute atomic E-state index is 12.4. The fourth-order valence-electron chi connectivity index (χ4n) is 3.30. The number of aryl methyl sites for hydroxylation is 1. The summed E-state index contributed by atoms with van der Waals surface area (Å²) >= 11 is 0. The minimum Gasteiger partial charge on any atom is -0.353 e. The molecule has 3 rings (SSSR count). The van der Waals surface area contributed by atoms with E-state index in [0.717, 1.165) is 31.2 Å². The van der Waals surface area contributed by atoms with Crippen LogP contribution in [-0.2, 0) is 20.8 Å². The second kappa shape index (κ2) is 8.84. The van der Waals surface area contributed by atoms with Crippen molar-refractivity contribution >= 4 is 23.4 Å². The Morgan fingerprint density at radius 1 is 1.07 bits per heavy atom. The van der Waals surface area contributed by atoms with Crippen molar-refractivity contribution in [1.29, 1.82) is 0 Å². The van der Waals surface area contributed by atoms with Crippen molar-refractivity contribution in [3.63, 3.8) is 0 Å². The monoisotopic (exact) mass is 369 g/mol. The van der Waals surface area contributed by atoms with Gasteiger partial charge in [0.2, 0.25) is 17.7 Å². The molecule has 1 heterocycles. The summed E-state index contributed by atoms with van der Waals surface area (Å²) in [6.07, 6.45) is 6.05. The van der Waals surface area contributed by atoms with Crippen molar-refractivity contribution < 1.29 is 14.4 Å². The van der Waals surface area contributed by atoms with Crippen molar-refractivity contribution in [2.75, 3.05) is 18.4 Å². The molecule has 1 aliphatic carbocycles. The van der Waals surface area contributed by atoms with E-state index in [0.29, 0.717) is 37.7 Å². The predicted molar refractivity (Wildman–Crippen MR) is 104 cm³/mol. The quantitative estimate of drug-likeness (QED) is 0.724. The number of likely N-dealkylation sites (tertiary alicyclic amines) is 1. The average molecular weight is 369 g/mol. The van der Waals surface area contributed by atoms with Crippen LogP contribution in [0.5, 0.6) is 0 Å². The molecule has 2 fully saturated rings. The van der Waals surface area contributed by atoms with E-state index >= 15 is 0 Å². The Balaban J connectivity index is 1.39. The summed E-state index contributed by atoms with van der Waals surface area (Å²) in [4.78, 5) is 37.7. The molecule has 1 aromatic rings. The summed E-state index contributed by atoms with van der Waals surface area (Å²) in [5, 5.41) is 5.76. The molecular formula is C21H27N3O3. The molecule has 6 heteroatoms. The molecule has 0 radical (unpaired) electrons. The van der Waals surface area contributed by atoms with Crippen LogP contribution in [-0.4, -0.2) is 41.8 Å². The average Bonchev–Trinajstić information content (AvgIpc) is 3.51. The number of hydrogen-bond donors (Lipinski definition) is 2. The second-order valence-corrected chi connectivity index (χ2v) is 7.33. The van der Waals surface area contributed by atoms with E-state index in [1.165, 1.54) is 6.08 Å². The van der Waals surface area contributed by atoms with Crippen molar-refractivity contribution in [3.8, 4) is 0 Å². The lowest BCUT2D eigenvalue weighted by atomic mass is 9.95. The van der Waals surface area contributed by atoms with Crippen LogP contribution in [0.3, 0.4) is 0 Å². The van der Waals surface area contributed by atoms with Gasteiger partial charge in [0.15, 0.2) is 0 Å². The van der Waals surface area contributed by atoms with Crippen LogP contribution in [0.2, 0.25) is 0 Å². The molecule has 144 valence electrons. The lowest BCUT2D eigenvalue weighted by Crippen LogP contribution is -2.43. The number of piperidine rings is 1. The van der Waals surface area contributed by atoms with E-state index in [1.807, 2.05) is 29.2 Å². The molecule has 6 nitrogen and oxygen atoms in total. The Bertz CT molecular complexity index is 702. The molecule has 2 N–H and O–H groups in total. The maximum atomic E-state index is 12.4. The van der Waals surface area contributed by atoms with Gasteiger partial charge in [-0.05, 0) is 55.9 Å². The number of carbonyl (C=O) groups is 3. The summed E-state index contributed by atoms with van der Waals surface area (Å²) in [5.74, 6) is 0.105. The van der Waals surface area contributed by atoms with Gasteiger partial charge in [-0.3, -0.25) is 14.4 Å². The highest BCUT2D eigenvalue weighted by Crippen LogP contribution is 2.23. The molecule has 2 aliphatic rings.